The largest absolute Gasteiger partial charge is 0.389 e. The second kappa shape index (κ2) is 12.4. The Morgan fingerprint density at radius 2 is 1.74 bits per heavy atom. The molecule has 0 aromatic heterocycles. The molecule has 8 heteroatoms. The van der Waals surface area contributed by atoms with Crippen molar-refractivity contribution in [2.24, 2.45) is 4.99 Å². The van der Waals surface area contributed by atoms with Crippen LogP contribution in [0.5, 0.6) is 0 Å². The Balaban J connectivity index is 0.00000364. The van der Waals surface area contributed by atoms with Crippen LogP contribution in [0.15, 0.2) is 35.3 Å². The van der Waals surface area contributed by atoms with Gasteiger partial charge in [-0.2, -0.15) is 13.2 Å². The van der Waals surface area contributed by atoms with Crippen molar-refractivity contribution >= 4 is 29.9 Å². The lowest BCUT2D eigenvalue weighted by Crippen LogP contribution is -2.52. The van der Waals surface area contributed by atoms with Crippen molar-refractivity contribution in [1.29, 1.82) is 0 Å². The summed E-state index contributed by atoms with van der Waals surface area (Å²) < 4.78 is 36.6. The third-order valence-electron chi connectivity index (χ3n) is 4.39. The average molecular weight is 498 g/mol. The average Bonchev–Trinajstić information content (AvgIpc) is 2.61. The molecule has 0 unspecified atom stereocenters. The number of piperazine rings is 1. The molecular weight excluding hydrogens is 468 g/mol. The van der Waals surface area contributed by atoms with Gasteiger partial charge < -0.3 is 10.2 Å². The first-order valence-corrected chi connectivity index (χ1v) is 9.34. The summed E-state index contributed by atoms with van der Waals surface area (Å²) >= 11 is 0. The van der Waals surface area contributed by atoms with Gasteiger partial charge in [-0.1, -0.05) is 30.3 Å². The summed E-state index contributed by atoms with van der Waals surface area (Å²) in [4.78, 5) is 9.13. The highest BCUT2D eigenvalue weighted by Crippen LogP contribution is 2.22. The molecule has 1 N–H and O–H groups in total. The molecule has 1 saturated heterocycles. The first-order chi connectivity index (χ1) is 12.5. The number of hydrogen-bond acceptors (Lipinski definition) is 2. The number of halogens is 4. The van der Waals surface area contributed by atoms with Crippen molar-refractivity contribution in [3.63, 3.8) is 0 Å². The lowest BCUT2D eigenvalue weighted by atomic mass is 10.2. The number of unbranched alkanes of at least 4 members (excludes halogenated alkanes) is 1. The van der Waals surface area contributed by atoms with E-state index < -0.39 is 12.6 Å². The summed E-state index contributed by atoms with van der Waals surface area (Å²) in [7, 11) is 0. The number of nitrogens with zero attached hydrogens (tertiary/aromatic N) is 3. The Kier molecular flexibility index (Phi) is 11.1. The summed E-state index contributed by atoms with van der Waals surface area (Å²) in [5.41, 5.74) is 1.31. The van der Waals surface area contributed by atoms with Crippen LogP contribution in [-0.4, -0.2) is 61.2 Å². The van der Waals surface area contributed by atoms with E-state index in [2.05, 4.69) is 44.4 Å². The fourth-order valence-electron chi connectivity index (χ4n) is 3.01. The molecule has 1 aromatic rings. The zero-order valence-electron chi connectivity index (χ0n) is 15.8. The molecule has 154 valence electrons. The van der Waals surface area contributed by atoms with Crippen molar-refractivity contribution in [3.05, 3.63) is 35.9 Å². The number of benzene rings is 1. The smallest absolute Gasteiger partial charge is 0.357 e. The van der Waals surface area contributed by atoms with Crippen molar-refractivity contribution in [3.8, 4) is 0 Å². The number of nitrogens with one attached hydrogen (secondary N) is 1. The molecule has 1 fully saturated rings. The summed E-state index contributed by atoms with van der Waals surface area (Å²) in [5.74, 6) is 0.818. The van der Waals surface area contributed by atoms with Gasteiger partial charge in [-0.15, -0.1) is 24.0 Å². The van der Waals surface area contributed by atoms with E-state index in [0.717, 1.165) is 45.2 Å². The zero-order valence-corrected chi connectivity index (χ0v) is 18.2. The molecule has 0 atom stereocenters. The van der Waals surface area contributed by atoms with Crippen LogP contribution in [0.25, 0.3) is 0 Å². The Morgan fingerprint density at radius 1 is 1.07 bits per heavy atom. The fraction of sp³-hybridized carbons (Fsp3) is 0.632. The molecule has 0 spiro atoms. The number of rotatable bonds is 7. The minimum absolute atomic E-state index is 0. The molecule has 0 saturated carbocycles. The molecule has 1 heterocycles. The van der Waals surface area contributed by atoms with E-state index >= 15 is 0 Å². The predicted octanol–water partition coefficient (Wildman–Crippen LogP) is 4.12. The van der Waals surface area contributed by atoms with Crippen LogP contribution in [0.2, 0.25) is 0 Å². The fourth-order valence-corrected chi connectivity index (χ4v) is 3.01. The van der Waals surface area contributed by atoms with Gasteiger partial charge in [-0.25, -0.2) is 0 Å². The van der Waals surface area contributed by atoms with Crippen LogP contribution in [0.3, 0.4) is 0 Å². The van der Waals surface area contributed by atoms with Gasteiger partial charge in [0, 0.05) is 52.2 Å². The van der Waals surface area contributed by atoms with Crippen molar-refractivity contribution in [2.45, 2.75) is 38.9 Å². The molecule has 1 aromatic carbocycles. The van der Waals surface area contributed by atoms with Crippen LogP contribution in [0.1, 0.15) is 31.7 Å². The van der Waals surface area contributed by atoms with E-state index in [1.165, 1.54) is 5.56 Å². The van der Waals surface area contributed by atoms with E-state index in [-0.39, 0.29) is 30.4 Å². The number of guanidine groups is 1. The first kappa shape index (κ1) is 24.0. The molecular formula is C19H30F3IN4. The predicted molar refractivity (Wildman–Crippen MR) is 115 cm³/mol. The van der Waals surface area contributed by atoms with Crippen LogP contribution >= 0.6 is 24.0 Å². The lowest BCUT2D eigenvalue weighted by molar-refractivity contribution is -0.135. The van der Waals surface area contributed by atoms with Gasteiger partial charge in [0.15, 0.2) is 5.96 Å². The summed E-state index contributed by atoms with van der Waals surface area (Å²) in [6.45, 7) is 7.79. The van der Waals surface area contributed by atoms with Gasteiger partial charge in [-0.05, 0) is 25.3 Å². The van der Waals surface area contributed by atoms with Gasteiger partial charge in [0.2, 0.25) is 0 Å². The van der Waals surface area contributed by atoms with Crippen molar-refractivity contribution < 1.29 is 13.2 Å². The van der Waals surface area contributed by atoms with Crippen LogP contribution < -0.4 is 5.32 Å². The quantitative estimate of drug-likeness (QED) is 0.266. The monoisotopic (exact) mass is 498 g/mol. The van der Waals surface area contributed by atoms with Crippen molar-refractivity contribution in [1.82, 2.24) is 15.1 Å². The maximum atomic E-state index is 12.2. The zero-order chi connectivity index (χ0) is 18.8. The summed E-state index contributed by atoms with van der Waals surface area (Å²) in [5, 5.41) is 3.26. The third kappa shape index (κ3) is 9.64. The van der Waals surface area contributed by atoms with Gasteiger partial charge in [0.05, 0.1) is 0 Å². The Morgan fingerprint density at radius 3 is 2.33 bits per heavy atom. The van der Waals surface area contributed by atoms with Crippen LogP contribution in [-0.2, 0) is 6.54 Å². The second-order valence-corrected chi connectivity index (χ2v) is 6.56. The molecule has 0 amide bonds. The minimum Gasteiger partial charge on any atom is -0.357 e. The molecule has 0 aliphatic carbocycles. The second-order valence-electron chi connectivity index (χ2n) is 6.56. The normalized spacial score (nSPS) is 16.1. The van der Waals surface area contributed by atoms with Gasteiger partial charge in [-0.3, -0.25) is 9.89 Å². The van der Waals surface area contributed by atoms with Crippen LogP contribution in [0, 0.1) is 0 Å². The summed E-state index contributed by atoms with van der Waals surface area (Å²) in [6, 6.07) is 10.4. The first-order valence-electron chi connectivity index (χ1n) is 9.34. The Bertz CT molecular complexity index is 544. The molecule has 2 rings (SSSR count). The Hall–Kier alpha value is -1.03. The SMILES string of the molecule is CCNC(=NCCCCC(F)(F)F)N1CCN(Cc2ccccc2)CC1.I. The number of hydrogen-bond donors (Lipinski definition) is 1. The Labute approximate surface area is 177 Å². The molecule has 0 bridgehead atoms. The molecule has 1 aliphatic heterocycles. The molecule has 27 heavy (non-hydrogen) atoms. The molecule has 4 nitrogen and oxygen atoms in total. The minimum atomic E-state index is -4.07. The van der Waals surface area contributed by atoms with E-state index in [9.17, 15) is 13.2 Å². The van der Waals surface area contributed by atoms with E-state index in [4.69, 9.17) is 0 Å². The van der Waals surface area contributed by atoms with E-state index in [1.54, 1.807) is 0 Å². The number of aliphatic imine (C=N–C) groups is 1. The highest BCUT2D eigenvalue weighted by atomic mass is 127. The van der Waals surface area contributed by atoms with Crippen molar-refractivity contribution in [2.75, 3.05) is 39.3 Å². The maximum Gasteiger partial charge on any atom is 0.389 e. The lowest BCUT2D eigenvalue weighted by Gasteiger charge is -2.36. The highest BCUT2D eigenvalue weighted by Gasteiger charge is 2.25. The topological polar surface area (TPSA) is 30.9 Å². The third-order valence-corrected chi connectivity index (χ3v) is 4.39. The van der Waals surface area contributed by atoms with Gasteiger partial charge in [0.25, 0.3) is 0 Å². The summed E-state index contributed by atoms with van der Waals surface area (Å²) in [6.07, 6.45) is -4.19. The van der Waals surface area contributed by atoms with Crippen LogP contribution in [0.4, 0.5) is 13.2 Å². The standard InChI is InChI=1S/C19H29F3N4.HI/c1-2-23-18(24-11-7-6-10-19(20,21)22)26-14-12-25(13-15-26)16-17-8-4-3-5-9-17;/h3-5,8-9H,2,6-7,10-16H2,1H3,(H,23,24);1H. The van der Waals surface area contributed by atoms with Gasteiger partial charge >= 0.3 is 6.18 Å². The molecule has 0 radical (unpaired) electrons. The van der Waals surface area contributed by atoms with E-state index in [1.807, 2.05) is 13.0 Å². The molecule has 1 aliphatic rings. The number of alkyl halides is 3. The van der Waals surface area contributed by atoms with Gasteiger partial charge in [0.1, 0.15) is 0 Å². The maximum absolute atomic E-state index is 12.2. The highest BCUT2D eigenvalue weighted by molar-refractivity contribution is 14.0. The van der Waals surface area contributed by atoms with E-state index in [0.29, 0.717) is 13.0 Å².